The van der Waals surface area contributed by atoms with Crippen LogP contribution in [0.15, 0.2) is 68.8 Å². The van der Waals surface area contributed by atoms with Crippen LogP contribution in [0.2, 0.25) is 0 Å². The highest BCUT2D eigenvalue weighted by Crippen LogP contribution is 2.45. The Labute approximate surface area is 503 Å². The summed E-state index contributed by atoms with van der Waals surface area (Å²) in [4.78, 5) is 37.3. The van der Waals surface area contributed by atoms with Gasteiger partial charge < -0.3 is 28.2 Å². The minimum Gasteiger partial charge on any atom is -0.744 e. The quantitative estimate of drug-likeness (QED) is 0.0105. The van der Waals surface area contributed by atoms with Crippen molar-refractivity contribution in [2.75, 3.05) is 57.4 Å². The van der Waals surface area contributed by atoms with E-state index in [1.807, 2.05) is 52.0 Å². The van der Waals surface area contributed by atoms with Gasteiger partial charge in [-0.3, -0.25) is 18.6 Å². The van der Waals surface area contributed by atoms with Gasteiger partial charge >= 0.3 is 19.8 Å². The minimum absolute atomic E-state index is 0.0317. The van der Waals surface area contributed by atoms with Crippen LogP contribution in [0.4, 0.5) is 5.69 Å². The minimum atomic E-state index is -5.32. The van der Waals surface area contributed by atoms with E-state index in [9.17, 15) is 40.4 Å². The van der Waals surface area contributed by atoms with E-state index in [1.165, 1.54) is 121 Å². The molecule has 0 amide bonds. The lowest BCUT2D eigenvalue weighted by Gasteiger charge is -2.23. The van der Waals surface area contributed by atoms with Crippen LogP contribution in [-0.4, -0.2) is 96.9 Å². The second-order valence-electron chi connectivity index (χ2n) is 22.1. The number of carbonyl (C=O) groups excluding carboxylic acids is 2. The molecule has 17 nitrogen and oxygen atoms in total. The number of anilines is 1. The Morgan fingerprint density at radius 2 is 1.14 bits per heavy atom. The first-order valence-corrected chi connectivity index (χ1v) is 36.2. The van der Waals surface area contributed by atoms with Crippen molar-refractivity contribution in [3.8, 4) is 22.5 Å². The predicted molar refractivity (Wildman–Crippen MR) is 335 cm³/mol. The smallest absolute Gasteiger partial charge is 0.472 e. The lowest BCUT2D eigenvalue weighted by atomic mass is 9.93. The maximum Gasteiger partial charge on any atom is 0.472 e. The molecule has 0 aromatic heterocycles. The number of ether oxygens (including phenoxy) is 2. The number of hydrogen-bond acceptors (Lipinski definition) is 14. The third-order valence-corrected chi connectivity index (χ3v) is 18.8. The van der Waals surface area contributed by atoms with E-state index < -0.39 is 82.2 Å². The monoisotopic (exact) mass is 1230 g/mol. The maximum absolute atomic E-state index is 13.7. The van der Waals surface area contributed by atoms with E-state index in [-0.39, 0.29) is 18.4 Å². The SMILES string of the molecule is CCCCCCCCCCCCCCCC(=O)OCC(COP(=O)(O)OCCNS(=O)(=O)c1ccc(-c2c3ccc(=[N+](CC)CC)cc-3oc3cc(N(CC)CC)ccc23)c(S(=O)(=O)[O-])c1)OC(=O)CCCCCCCCCCCCCCC. The lowest BCUT2D eigenvalue weighted by molar-refractivity contribution is -0.161. The molecule has 0 spiro atoms. The van der Waals surface area contributed by atoms with Crippen molar-refractivity contribution in [2.45, 2.75) is 237 Å². The van der Waals surface area contributed by atoms with Crippen LogP contribution < -0.4 is 19.6 Å². The summed E-state index contributed by atoms with van der Waals surface area (Å²) < 4.78 is 112. The average molecular weight is 1230 g/mol. The van der Waals surface area contributed by atoms with Crippen molar-refractivity contribution in [1.82, 2.24) is 9.30 Å². The molecule has 2 aliphatic rings. The third kappa shape index (κ3) is 26.0. The van der Waals surface area contributed by atoms with Crippen LogP contribution in [0.5, 0.6) is 0 Å². The molecule has 1 aliphatic carbocycles. The highest BCUT2D eigenvalue weighted by atomic mass is 32.2. The summed E-state index contributed by atoms with van der Waals surface area (Å²) in [5, 5.41) is 1.36. The fraction of sp³-hybridized carbons (Fsp3) is 0.672. The van der Waals surface area contributed by atoms with Crippen LogP contribution in [0.25, 0.3) is 33.4 Å². The van der Waals surface area contributed by atoms with E-state index in [4.69, 9.17) is 22.9 Å². The molecule has 1 heterocycles. The largest absolute Gasteiger partial charge is 0.744 e. The first kappa shape index (κ1) is 72.3. The third-order valence-electron chi connectivity index (χ3n) is 15.5. The fourth-order valence-electron chi connectivity index (χ4n) is 10.6. The molecule has 84 heavy (non-hydrogen) atoms. The summed E-state index contributed by atoms with van der Waals surface area (Å²) in [6, 6.07) is 14.3. The second-order valence-corrected chi connectivity index (χ2v) is 26.6. The number of nitrogens with one attached hydrogen (secondary N) is 1. The summed E-state index contributed by atoms with van der Waals surface area (Å²) >= 11 is 0. The number of benzene rings is 3. The van der Waals surface area contributed by atoms with Crippen molar-refractivity contribution in [3.05, 3.63) is 60.0 Å². The van der Waals surface area contributed by atoms with Gasteiger partial charge in [0.15, 0.2) is 6.10 Å². The molecular formula is C64H102N3O14PS2. The van der Waals surface area contributed by atoms with Gasteiger partial charge in [-0.2, -0.15) is 0 Å². The topological polar surface area (TPSA) is 231 Å². The molecule has 2 aromatic carbocycles. The fourth-order valence-corrected chi connectivity index (χ4v) is 13.2. The van der Waals surface area contributed by atoms with Gasteiger partial charge in [0.05, 0.1) is 29.1 Å². The number of fused-ring (bicyclic) bond motifs is 2. The molecule has 2 N–H and O–H groups in total. The van der Waals surface area contributed by atoms with Crippen LogP contribution in [0.1, 0.15) is 221 Å². The highest BCUT2D eigenvalue weighted by molar-refractivity contribution is 7.89. The van der Waals surface area contributed by atoms with E-state index in [2.05, 4.69) is 28.0 Å². The molecule has 4 rings (SSSR count). The second kappa shape index (κ2) is 39.6. The van der Waals surface area contributed by atoms with Crippen molar-refractivity contribution in [2.24, 2.45) is 0 Å². The lowest BCUT2D eigenvalue weighted by Crippen LogP contribution is -2.30. The van der Waals surface area contributed by atoms with Gasteiger partial charge in [-0.15, -0.1) is 0 Å². The summed E-state index contributed by atoms with van der Waals surface area (Å²) in [6.07, 6.45) is 29.0. The zero-order valence-corrected chi connectivity index (χ0v) is 54.2. The van der Waals surface area contributed by atoms with Gasteiger partial charge in [0.25, 0.3) is 0 Å². The first-order valence-electron chi connectivity index (χ1n) is 31.8. The molecule has 2 unspecified atom stereocenters. The standard InChI is InChI=1S/C64H102N3O14PS2/c1-7-13-15-17-19-21-23-25-27-29-31-33-35-37-62(68)77-50-54(80-63(69)38-36-34-32-30-28-26-24-22-20-18-16-14-8-2)51-79-82(70,71)78-46-45-65-83(72,73)55-41-44-58(61(49-55)84(74,75)76)64-56-42-39-52(66(9-3)10-4)47-59(56)81-60-48-53(40-43-57(60)64)67(11-5)12-6/h39-44,47-49,54,65H,7-38,45-46,50-51H2,1-6H3,(H-,70,71,74,75,76). The zero-order chi connectivity index (χ0) is 61.2. The number of esters is 2. The number of unbranched alkanes of at least 4 members (excludes halogenated alkanes) is 24. The van der Waals surface area contributed by atoms with Crippen LogP contribution in [0.3, 0.4) is 0 Å². The molecule has 0 bridgehead atoms. The Kier molecular flexibility index (Phi) is 34.0. The normalized spacial score (nSPS) is 13.1. The number of rotatable bonds is 47. The molecule has 1 aliphatic heterocycles. The van der Waals surface area contributed by atoms with Crippen molar-refractivity contribution < 1.29 is 63.4 Å². The summed E-state index contributed by atoms with van der Waals surface area (Å²) in [6.45, 7) is 13.1. The molecule has 2 aromatic rings. The van der Waals surface area contributed by atoms with Crippen LogP contribution in [0, 0.1) is 0 Å². The van der Waals surface area contributed by atoms with Crippen molar-refractivity contribution in [3.63, 3.8) is 0 Å². The van der Waals surface area contributed by atoms with Gasteiger partial charge in [0, 0.05) is 72.4 Å². The van der Waals surface area contributed by atoms with Crippen molar-refractivity contribution in [1.29, 1.82) is 0 Å². The van der Waals surface area contributed by atoms with Gasteiger partial charge in [-0.1, -0.05) is 174 Å². The summed E-state index contributed by atoms with van der Waals surface area (Å²) in [5.41, 5.74) is 2.11. The summed E-state index contributed by atoms with van der Waals surface area (Å²) in [7, 11) is -14.8. The van der Waals surface area contributed by atoms with E-state index in [0.29, 0.717) is 66.9 Å². The van der Waals surface area contributed by atoms with Gasteiger partial charge in [-0.25, -0.2) is 30.7 Å². The highest BCUT2D eigenvalue weighted by Gasteiger charge is 2.28. The Morgan fingerprint density at radius 1 is 0.631 bits per heavy atom. The number of sulfonamides is 1. The van der Waals surface area contributed by atoms with E-state index >= 15 is 0 Å². The molecule has 0 saturated heterocycles. The van der Waals surface area contributed by atoms with Crippen LogP contribution in [-0.2, 0) is 52.8 Å². The number of phosphoric ester groups is 1. The van der Waals surface area contributed by atoms with Gasteiger partial charge in [0.2, 0.25) is 15.4 Å². The molecule has 0 radical (unpaired) electrons. The maximum atomic E-state index is 13.7. The zero-order valence-electron chi connectivity index (χ0n) is 51.6. The molecule has 20 heteroatoms. The Balaban J connectivity index is 1.38. The first-order chi connectivity index (χ1) is 40.4. The number of carbonyl (C=O) groups is 2. The molecule has 0 fully saturated rings. The Morgan fingerprint density at radius 3 is 1.65 bits per heavy atom. The Hall–Kier alpha value is -4.20. The van der Waals surface area contributed by atoms with Gasteiger partial charge in [-0.05, 0) is 70.9 Å². The Bertz CT molecular complexity index is 2890. The van der Waals surface area contributed by atoms with Gasteiger partial charge in [0.1, 0.15) is 41.2 Å². The number of nitrogens with zero attached hydrogens (tertiary/aromatic N) is 2. The molecule has 474 valence electrons. The van der Waals surface area contributed by atoms with Crippen LogP contribution >= 0.6 is 7.82 Å². The summed E-state index contributed by atoms with van der Waals surface area (Å²) in [5.74, 6) is -0.641. The average Bonchev–Trinajstić information content (AvgIpc) is 1.60. The molecule has 2 atom stereocenters. The number of phosphoric acid groups is 1. The number of hydrogen-bond donors (Lipinski definition) is 2. The van der Waals surface area contributed by atoms with Crippen molar-refractivity contribution >= 4 is 56.6 Å². The van der Waals surface area contributed by atoms with E-state index in [0.717, 1.165) is 62.1 Å². The predicted octanol–water partition coefficient (Wildman–Crippen LogP) is 14.6. The molecule has 0 saturated carbocycles. The van der Waals surface area contributed by atoms with E-state index in [1.54, 1.807) is 12.1 Å². The molecular weight excluding hydrogens is 1130 g/mol.